The first-order valence-corrected chi connectivity index (χ1v) is 7.27. The molecule has 1 heterocycles. The highest BCUT2D eigenvalue weighted by atomic mass is 35.5. The molecule has 0 aliphatic rings. The minimum Gasteiger partial charge on any atom is -0.491 e. The van der Waals surface area contributed by atoms with Crippen molar-refractivity contribution in [3.05, 3.63) is 51.2 Å². The molecule has 0 bridgehead atoms. The number of nitrogens with one attached hydrogen (secondary N) is 1. The number of rotatable bonds is 5. The zero-order valence-electron chi connectivity index (χ0n) is 10.9. The summed E-state index contributed by atoms with van der Waals surface area (Å²) in [6.07, 6.45) is 0.172. The Morgan fingerprint density at radius 3 is 2.32 bits per heavy atom. The maximum atomic E-state index is 5.96. The molecule has 0 fully saturated rings. The molecular formula is C14H17ClN2OS. The third-order valence-corrected chi connectivity index (χ3v) is 3.93. The Morgan fingerprint density at radius 1 is 1.16 bits per heavy atom. The number of benzene rings is 1. The molecule has 2 rings (SSSR count). The summed E-state index contributed by atoms with van der Waals surface area (Å²) < 4.78 is 6.38. The average molecular weight is 297 g/mol. The smallest absolute Gasteiger partial charge is 0.119 e. The van der Waals surface area contributed by atoms with Crippen LogP contribution in [0.3, 0.4) is 0 Å². The van der Waals surface area contributed by atoms with Gasteiger partial charge in [-0.2, -0.15) is 0 Å². The van der Waals surface area contributed by atoms with E-state index in [4.69, 9.17) is 22.2 Å². The number of halogens is 1. The van der Waals surface area contributed by atoms with Gasteiger partial charge in [-0.05, 0) is 43.7 Å². The quantitative estimate of drug-likeness (QED) is 0.653. The molecule has 1 atom stereocenters. The fourth-order valence-electron chi connectivity index (χ4n) is 1.84. The first-order chi connectivity index (χ1) is 9.10. The van der Waals surface area contributed by atoms with Crippen molar-refractivity contribution >= 4 is 22.9 Å². The summed E-state index contributed by atoms with van der Waals surface area (Å²) >= 11 is 7.48. The second-order valence-electron chi connectivity index (χ2n) is 4.48. The number of ether oxygens (including phenoxy) is 1. The largest absolute Gasteiger partial charge is 0.491 e. The number of nitrogens with two attached hydrogens (primary N) is 1. The third-order valence-electron chi connectivity index (χ3n) is 2.63. The highest BCUT2D eigenvalue weighted by Gasteiger charge is 2.14. The van der Waals surface area contributed by atoms with Crippen LogP contribution in [0.15, 0.2) is 36.4 Å². The van der Waals surface area contributed by atoms with Crippen LogP contribution in [0.5, 0.6) is 5.75 Å². The van der Waals surface area contributed by atoms with E-state index in [9.17, 15) is 0 Å². The van der Waals surface area contributed by atoms with Gasteiger partial charge in [-0.15, -0.1) is 11.3 Å². The van der Waals surface area contributed by atoms with E-state index >= 15 is 0 Å². The van der Waals surface area contributed by atoms with E-state index in [0.717, 1.165) is 20.5 Å². The zero-order chi connectivity index (χ0) is 13.8. The Morgan fingerprint density at radius 2 is 1.84 bits per heavy atom. The lowest BCUT2D eigenvalue weighted by Gasteiger charge is -2.16. The predicted molar refractivity (Wildman–Crippen MR) is 80.7 cm³/mol. The summed E-state index contributed by atoms with van der Waals surface area (Å²) in [7, 11) is 0. The van der Waals surface area contributed by atoms with E-state index < -0.39 is 0 Å². The third kappa shape index (κ3) is 3.70. The molecule has 0 saturated carbocycles. The van der Waals surface area contributed by atoms with Crippen LogP contribution < -0.4 is 16.0 Å². The molecule has 102 valence electrons. The first-order valence-electron chi connectivity index (χ1n) is 6.08. The number of hydrogen-bond acceptors (Lipinski definition) is 4. The van der Waals surface area contributed by atoms with Crippen molar-refractivity contribution in [3.63, 3.8) is 0 Å². The molecule has 1 aromatic carbocycles. The summed E-state index contributed by atoms with van der Waals surface area (Å²) in [5.74, 6) is 6.51. The molecule has 1 unspecified atom stereocenters. The first kappa shape index (κ1) is 14.3. The second-order valence-corrected chi connectivity index (χ2v) is 6.22. The van der Waals surface area contributed by atoms with Crippen molar-refractivity contribution in [1.29, 1.82) is 0 Å². The normalized spacial score (nSPS) is 12.7. The summed E-state index contributed by atoms with van der Waals surface area (Å²) in [5, 5.41) is 0. The molecule has 0 aliphatic heterocycles. The Labute approximate surface area is 122 Å². The monoisotopic (exact) mass is 296 g/mol. The van der Waals surface area contributed by atoms with Crippen molar-refractivity contribution in [2.24, 2.45) is 5.84 Å². The highest BCUT2D eigenvalue weighted by Crippen LogP contribution is 2.31. The van der Waals surface area contributed by atoms with Crippen LogP contribution in [-0.2, 0) is 0 Å². The zero-order valence-corrected chi connectivity index (χ0v) is 12.5. The van der Waals surface area contributed by atoms with Gasteiger partial charge in [0.25, 0.3) is 0 Å². The molecule has 0 aliphatic carbocycles. The molecule has 1 aromatic heterocycles. The van der Waals surface area contributed by atoms with Crippen LogP contribution in [0.2, 0.25) is 4.34 Å². The van der Waals surface area contributed by atoms with E-state index in [1.165, 1.54) is 11.3 Å². The lowest BCUT2D eigenvalue weighted by molar-refractivity contribution is 0.242. The predicted octanol–water partition coefficient (Wildman–Crippen LogP) is 3.74. The minimum atomic E-state index is -0.0504. The van der Waals surface area contributed by atoms with Crippen LogP contribution >= 0.6 is 22.9 Å². The minimum absolute atomic E-state index is 0.0504. The molecule has 3 nitrogen and oxygen atoms in total. The molecular weight excluding hydrogens is 280 g/mol. The van der Waals surface area contributed by atoms with Crippen LogP contribution in [0.4, 0.5) is 0 Å². The molecule has 0 amide bonds. The second kappa shape index (κ2) is 6.39. The van der Waals surface area contributed by atoms with Gasteiger partial charge in [-0.1, -0.05) is 23.7 Å². The highest BCUT2D eigenvalue weighted by molar-refractivity contribution is 7.16. The van der Waals surface area contributed by atoms with Crippen molar-refractivity contribution in [1.82, 2.24) is 5.43 Å². The van der Waals surface area contributed by atoms with Crippen LogP contribution in [-0.4, -0.2) is 6.10 Å². The summed E-state index contributed by atoms with van der Waals surface area (Å²) in [6.45, 7) is 4.01. The average Bonchev–Trinajstić information content (AvgIpc) is 2.78. The van der Waals surface area contributed by atoms with Crippen LogP contribution in [0.25, 0.3) is 0 Å². The molecule has 3 N–H and O–H groups in total. The van der Waals surface area contributed by atoms with E-state index in [-0.39, 0.29) is 12.1 Å². The molecule has 2 aromatic rings. The van der Waals surface area contributed by atoms with Gasteiger partial charge in [0.05, 0.1) is 16.5 Å². The number of hydrazine groups is 1. The Bertz CT molecular complexity index is 524. The van der Waals surface area contributed by atoms with E-state index in [1.807, 2.05) is 50.2 Å². The van der Waals surface area contributed by atoms with Crippen molar-refractivity contribution in [2.75, 3.05) is 0 Å². The van der Waals surface area contributed by atoms with E-state index in [1.54, 1.807) is 0 Å². The van der Waals surface area contributed by atoms with Gasteiger partial charge in [0.1, 0.15) is 5.75 Å². The van der Waals surface area contributed by atoms with Crippen molar-refractivity contribution in [2.45, 2.75) is 26.0 Å². The van der Waals surface area contributed by atoms with Gasteiger partial charge in [0.15, 0.2) is 0 Å². The standard InChI is InChI=1S/C14H17ClN2OS/c1-9(2)18-11-5-3-10(4-6-11)14(17-16)12-7-8-13(15)19-12/h3-9,14,17H,16H2,1-2H3. The maximum absolute atomic E-state index is 5.96. The Hall–Kier alpha value is -1.07. The summed E-state index contributed by atoms with van der Waals surface area (Å²) in [4.78, 5) is 1.09. The maximum Gasteiger partial charge on any atom is 0.119 e. The van der Waals surface area contributed by atoms with E-state index in [2.05, 4.69) is 5.43 Å². The van der Waals surface area contributed by atoms with Gasteiger partial charge in [0.2, 0.25) is 0 Å². The molecule has 0 spiro atoms. The molecule has 5 heteroatoms. The number of hydrogen-bond donors (Lipinski definition) is 2. The van der Waals surface area contributed by atoms with Crippen molar-refractivity contribution in [3.8, 4) is 5.75 Å². The number of thiophene rings is 1. The van der Waals surface area contributed by atoms with Gasteiger partial charge >= 0.3 is 0 Å². The molecule has 19 heavy (non-hydrogen) atoms. The lowest BCUT2D eigenvalue weighted by Crippen LogP contribution is -2.28. The van der Waals surface area contributed by atoms with Crippen molar-refractivity contribution < 1.29 is 4.74 Å². The SMILES string of the molecule is CC(C)Oc1ccc(C(NN)c2ccc(Cl)s2)cc1. The summed E-state index contributed by atoms with van der Waals surface area (Å²) in [6, 6.07) is 11.7. The van der Waals surface area contributed by atoms with Gasteiger partial charge in [-0.25, -0.2) is 5.43 Å². The van der Waals surface area contributed by atoms with Gasteiger partial charge in [0, 0.05) is 4.88 Å². The Kier molecular flexibility index (Phi) is 4.82. The molecule has 0 saturated heterocycles. The fourth-order valence-corrected chi connectivity index (χ4v) is 2.99. The summed E-state index contributed by atoms with van der Waals surface area (Å²) in [5.41, 5.74) is 3.90. The fraction of sp³-hybridized carbons (Fsp3) is 0.286. The van der Waals surface area contributed by atoms with E-state index in [0.29, 0.717) is 0 Å². The van der Waals surface area contributed by atoms with Gasteiger partial charge in [-0.3, -0.25) is 5.84 Å². The molecule has 0 radical (unpaired) electrons. The topological polar surface area (TPSA) is 47.3 Å². The lowest BCUT2D eigenvalue weighted by atomic mass is 10.1. The van der Waals surface area contributed by atoms with Crippen LogP contribution in [0.1, 0.15) is 30.3 Å². The van der Waals surface area contributed by atoms with Gasteiger partial charge < -0.3 is 4.74 Å². The van der Waals surface area contributed by atoms with Crippen LogP contribution in [0, 0.1) is 0 Å². The Balaban J connectivity index is 2.19.